The molecule has 8 heavy (non-hydrogen) atoms. The number of rotatable bonds is 3. The van der Waals surface area contributed by atoms with Crippen LogP contribution in [0.5, 0.6) is 0 Å². The van der Waals surface area contributed by atoms with E-state index in [1.807, 2.05) is 0 Å². The molecule has 0 rings (SSSR count). The maximum atomic E-state index is 8.81. The van der Waals surface area contributed by atoms with Crippen LogP contribution in [0.25, 0.3) is 0 Å². The zero-order chi connectivity index (χ0) is 6.57. The van der Waals surface area contributed by atoms with Gasteiger partial charge in [-0.3, -0.25) is 0 Å². The Balaban J connectivity index is 3.44. The molecule has 0 aromatic carbocycles. The molecule has 0 aromatic heterocycles. The fourth-order valence-corrected chi connectivity index (χ4v) is 0.323. The van der Waals surface area contributed by atoms with Crippen molar-refractivity contribution in [1.29, 1.82) is 0 Å². The van der Waals surface area contributed by atoms with Gasteiger partial charge in [0.25, 0.3) is 0 Å². The monoisotopic (exact) mass is 116 g/mol. The summed E-state index contributed by atoms with van der Waals surface area (Å²) in [6, 6.07) is 0. The molecule has 2 atom stereocenters. The van der Waals surface area contributed by atoms with E-state index in [2.05, 4.69) is 6.58 Å². The van der Waals surface area contributed by atoms with Gasteiger partial charge in [-0.1, -0.05) is 13.0 Å². The molecule has 0 fully saturated rings. The molecule has 0 radical (unpaired) electrons. The van der Waals surface area contributed by atoms with Crippen LogP contribution in [0.2, 0.25) is 0 Å². The summed E-state index contributed by atoms with van der Waals surface area (Å²) in [6.45, 7) is 5.07. The highest BCUT2D eigenvalue weighted by molar-refractivity contribution is 4.80. The first kappa shape index (κ1) is 7.66. The SMILES string of the molecule is C=C[C@H](C)[C@H](O)CO. The van der Waals surface area contributed by atoms with Gasteiger partial charge in [0.2, 0.25) is 0 Å². The van der Waals surface area contributed by atoms with E-state index in [1.165, 1.54) is 0 Å². The Kier molecular flexibility index (Phi) is 3.48. The van der Waals surface area contributed by atoms with Crippen LogP contribution in [0.3, 0.4) is 0 Å². The Bertz CT molecular complexity index is 70.9. The molecule has 0 aliphatic heterocycles. The molecule has 2 N–H and O–H groups in total. The van der Waals surface area contributed by atoms with Crippen LogP contribution in [0.15, 0.2) is 12.7 Å². The van der Waals surface area contributed by atoms with E-state index in [-0.39, 0.29) is 12.5 Å². The van der Waals surface area contributed by atoms with Crippen LogP contribution in [0, 0.1) is 5.92 Å². The zero-order valence-corrected chi connectivity index (χ0v) is 5.04. The van der Waals surface area contributed by atoms with Gasteiger partial charge in [0, 0.05) is 5.92 Å². The molecule has 0 saturated carbocycles. The molecule has 0 aliphatic rings. The van der Waals surface area contributed by atoms with Crippen molar-refractivity contribution in [3.63, 3.8) is 0 Å². The number of hydrogen-bond donors (Lipinski definition) is 2. The van der Waals surface area contributed by atoms with Crippen LogP contribution in [-0.4, -0.2) is 22.9 Å². The van der Waals surface area contributed by atoms with Crippen molar-refractivity contribution in [2.24, 2.45) is 5.92 Å². The second kappa shape index (κ2) is 3.64. The molecular formula is C6H12O2. The van der Waals surface area contributed by atoms with Gasteiger partial charge in [0.1, 0.15) is 0 Å². The summed E-state index contributed by atoms with van der Waals surface area (Å²) in [6.07, 6.45) is 0.966. The lowest BCUT2D eigenvalue weighted by atomic mass is 10.1. The third-order valence-electron chi connectivity index (χ3n) is 1.17. The Hall–Kier alpha value is -0.340. The number of aliphatic hydroxyl groups excluding tert-OH is 2. The second-order valence-electron chi connectivity index (χ2n) is 1.84. The summed E-state index contributed by atoms with van der Waals surface area (Å²) in [4.78, 5) is 0. The Labute approximate surface area is 49.5 Å². The van der Waals surface area contributed by atoms with Gasteiger partial charge in [0.15, 0.2) is 0 Å². The van der Waals surface area contributed by atoms with Gasteiger partial charge in [-0.25, -0.2) is 0 Å². The van der Waals surface area contributed by atoms with Gasteiger partial charge in [-0.2, -0.15) is 0 Å². The van der Waals surface area contributed by atoms with E-state index < -0.39 is 6.10 Å². The van der Waals surface area contributed by atoms with Gasteiger partial charge in [0.05, 0.1) is 12.7 Å². The number of hydrogen-bond acceptors (Lipinski definition) is 2. The van der Waals surface area contributed by atoms with E-state index >= 15 is 0 Å². The molecule has 0 aliphatic carbocycles. The zero-order valence-electron chi connectivity index (χ0n) is 5.04. The topological polar surface area (TPSA) is 40.5 Å². The molecule has 2 heteroatoms. The Morgan fingerprint density at radius 2 is 2.25 bits per heavy atom. The van der Waals surface area contributed by atoms with Crippen LogP contribution in [0.4, 0.5) is 0 Å². The summed E-state index contributed by atoms with van der Waals surface area (Å²) in [5, 5.41) is 17.1. The first-order valence-electron chi connectivity index (χ1n) is 2.63. The smallest absolute Gasteiger partial charge is 0.0830 e. The lowest BCUT2D eigenvalue weighted by Crippen LogP contribution is -2.19. The quantitative estimate of drug-likeness (QED) is 0.516. The average molecular weight is 116 g/mol. The minimum atomic E-state index is -0.646. The molecule has 0 saturated heterocycles. The van der Waals surface area contributed by atoms with Gasteiger partial charge in [-0.15, -0.1) is 6.58 Å². The molecule has 2 nitrogen and oxygen atoms in total. The summed E-state index contributed by atoms with van der Waals surface area (Å²) >= 11 is 0. The summed E-state index contributed by atoms with van der Waals surface area (Å²) in [5.74, 6) is -0.0139. The standard InChI is InChI=1S/C6H12O2/c1-3-5(2)6(8)4-7/h3,5-8H,1,4H2,2H3/t5-,6+/m0/s1. The molecule has 0 spiro atoms. The maximum Gasteiger partial charge on any atom is 0.0830 e. The van der Waals surface area contributed by atoms with Crippen molar-refractivity contribution in [3.05, 3.63) is 12.7 Å². The summed E-state index contributed by atoms with van der Waals surface area (Å²) in [5.41, 5.74) is 0. The normalized spacial score (nSPS) is 17.4. The highest BCUT2D eigenvalue weighted by Gasteiger charge is 2.06. The van der Waals surface area contributed by atoms with Gasteiger partial charge in [-0.05, 0) is 0 Å². The summed E-state index contributed by atoms with van der Waals surface area (Å²) in [7, 11) is 0. The van der Waals surface area contributed by atoms with Crippen LogP contribution < -0.4 is 0 Å². The van der Waals surface area contributed by atoms with Crippen molar-refractivity contribution in [2.75, 3.05) is 6.61 Å². The molecule has 0 amide bonds. The molecule has 0 aromatic rings. The Morgan fingerprint density at radius 3 is 2.38 bits per heavy atom. The van der Waals surface area contributed by atoms with Crippen molar-refractivity contribution < 1.29 is 10.2 Å². The summed E-state index contributed by atoms with van der Waals surface area (Å²) < 4.78 is 0. The van der Waals surface area contributed by atoms with E-state index in [1.54, 1.807) is 13.0 Å². The largest absolute Gasteiger partial charge is 0.394 e. The van der Waals surface area contributed by atoms with Crippen molar-refractivity contribution in [2.45, 2.75) is 13.0 Å². The Morgan fingerprint density at radius 1 is 1.75 bits per heavy atom. The van der Waals surface area contributed by atoms with Crippen LogP contribution in [-0.2, 0) is 0 Å². The first-order chi connectivity index (χ1) is 3.72. The van der Waals surface area contributed by atoms with Crippen molar-refractivity contribution in [3.8, 4) is 0 Å². The van der Waals surface area contributed by atoms with Crippen molar-refractivity contribution >= 4 is 0 Å². The molecule has 0 bridgehead atoms. The van der Waals surface area contributed by atoms with E-state index in [0.717, 1.165) is 0 Å². The lowest BCUT2D eigenvalue weighted by Gasteiger charge is -2.10. The molecule has 48 valence electrons. The fourth-order valence-electron chi connectivity index (χ4n) is 0.323. The average Bonchev–Trinajstić information content (AvgIpc) is 1.84. The fraction of sp³-hybridized carbons (Fsp3) is 0.667. The predicted octanol–water partition coefficient (Wildman–Crippen LogP) is 0.162. The van der Waals surface area contributed by atoms with Crippen LogP contribution >= 0.6 is 0 Å². The third-order valence-corrected chi connectivity index (χ3v) is 1.17. The molecular weight excluding hydrogens is 104 g/mol. The first-order valence-corrected chi connectivity index (χ1v) is 2.63. The van der Waals surface area contributed by atoms with E-state index in [4.69, 9.17) is 10.2 Å². The van der Waals surface area contributed by atoms with Crippen LogP contribution in [0.1, 0.15) is 6.92 Å². The highest BCUT2D eigenvalue weighted by atomic mass is 16.3. The minimum Gasteiger partial charge on any atom is -0.394 e. The van der Waals surface area contributed by atoms with E-state index in [9.17, 15) is 0 Å². The molecule has 0 heterocycles. The third kappa shape index (κ3) is 2.09. The number of aliphatic hydroxyl groups is 2. The van der Waals surface area contributed by atoms with E-state index in [0.29, 0.717) is 0 Å². The van der Waals surface area contributed by atoms with Crippen molar-refractivity contribution in [1.82, 2.24) is 0 Å². The second-order valence-corrected chi connectivity index (χ2v) is 1.84. The lowest BCUT2D eigenvalue weighted by molar-refractivity contribution is 0.0686. The predicted molar refractivity (Wildman–Crippen MR) is 32.5 cm³/mol. The maximum absolute atomic E-state index is 8.81. The molecule has 0 unspecified atom stereocenters. The van der Waals surface area contributed by atoms with Gasteiger partial charge >= 0.3 is 0 Å². The van der Waals surface area contributed by atoms with Gasteiger partial charge < -0.3 is 10.2 Å². The highest BCUT2D eigenvalue weighted by Crippen LogP contribution is 2.01. The minimum absolute atomic E-state index is 0.0139.